The van der Waals surface area contributed by atoms with E-state index in [1.54, 1.807) is 43.3 Å². The number of aromatic amines is 1. The highest BCUT2D eigenvalue weighted by Crippen LogP contribution is 2.24. The number of anilines is 2. The lowest BCUT2D eigenvalue weighted by atomic mass is 10.2. The van der Waals surface area contributed by atoms with Crippen LogP contribution in [0.4, 0.5) is 11.4 Å². The van der Waals surface area contributed by atoms with Crippen molar-refractivity contribution in [1.82, 2.24) is 15.2 Å². The maximum absolute atomic E-state index is 12.4. The molecule has 28 heavy (non-hydrogen) atoms. The highest BCUT2D eigenvalue weighted by Gasteiger charge is 2.17. The molecule has 9 heteroatoms. The third-order valence-corrected chi connectivity index (χ3v) is 4.92. The molecule has 0 aliphatic heterocycles. The molecule has 3 aromatic rings. The number of carbonyl (C=O) groups is 2. The van der Waals surface area contributed by atoms with Crippen LogP contribution >= 0.6 is 23.4 Å². The van der Waals surface area contributed by atoms with Crippen molar-refractivity contribution in [3.63, 3.8) is 0 Å². The van der Waals surface area contributed by atoms with Gasteiger partial charge in [-0.25, -0.2) is 4.98 Å². The summed E-state index contributed by atoms with van der Waals surface area (Å²) in [5, 5.41) is 13.3. The first-order valence-electron chi connectivity index (χ1n) is 8.44. The summed E-state index contributed by atoms with van der Waals surface area (Å²) < 4.78 is 0. The highest BCUT2D eigenvalue weighted by molar-refractivity contribution is 8.00. The first kappa shape index (κ1) is 19.9. The van der Waals surface area contributed by atoms with Gasteiger partial charge in [0.05, 0.1) is 5.25 Å². The van der Waals surface area contributed by atoms with E-state index < -0.39 is 5.25 Å². The van der Waals surface area contributed by atoms with E-state index in [0.29, 0.717) is 27.4 Å². The first-order valence-corrected chi connectivity index (χ1v) is 9.70. The molecular weight excluding hydrogens is 398 g/mol. The van der Waals surface area contributed by atoms with Crippen LogP contribution in [-0.4, -0.2) is 32.2 Å². The van der Waals surface area contributed by atoms with Gasteiger partial charge >= 0.3 is 0 Å². The molecule has 1 heterocycles. The Labute approximate surface area is 171 Å². The summed E-state index contributed by atoms with van der Waals surface area (Å²) in [4.78, 5) is 27.9. The molecule has 1 atom stereocenters. The lowest BCUT2D eigenvalue weighted by molar-refractivity contribution is -0.115. The first-order chi connectivity index (χ1) is 13.4. The van der Waals surface area contributed by atoms with Gasteiger partial charge in [-0.2, -0.15) is 0 Å². The van der Waals surface area contributed by atoms with Gasteiger partial charge in [0.2, 0.25) is 17.0 Å². The third-order valence-electron chi connectivity index (χ3n) is 3.71. The lowest BCUT2D eigenvalue weighted by Crippen LogP contribution is -2.22. The van der Waals surface area contributed by atoms with Gasteiger partial charge in [-0.15, -0.1) is 5.10 Å². The fourth-order valence-electron chi connectivity index (χ4n) is 2.33. The molecule has 3 rings (SSSR count). The number of nitrogens with one attached hydrogen (secondary N) is 3. The normalized spacial score (nSPS) is 11.7. The number of rotatable bonds is 6. The molecule has 0 saturated heterocycles. The zero-order chi connectivity index (χ0) is 20.1. The van der Waals surface area contributed by atoms with Gasteiger partial charge in [0, 0.05) is 28.9 Å². The summed E-state index contributed by atoms with van der Waals surface area (Å²) in [6, 6.07) is 14.2. The number of H-pyrrole nitrogens is 1. The summed E-state index contributed by atoms with van der Waals surface area (Å²) in [5.74, 6) is 0.293. The SMILES string of the molecule is CC(=O)Nc1ccc(NC(=O)[C@@H](C)Sc2n[nH]c(-c3ccc(Cl)cc3)n2)cc1. The number of aromatic nitrogens is 3. The number of thioether (sulfide) groups is 1. The minimum atomic E-state index is -0.399. The van der Waals surface area contributed by atoms with E-state index in [2.05, 4.69) is 25.8 Å². The van der Waals surface area contributed by atoms with Gasteiger partial charge in [-0.3, -0.25) is 14.7 Å². The van der Waals surface area contributed by atoms with Crippen LogP contribution < -0.4 is 10.6 Å². The average Bonchev–Trinajstić information content (AvgIpc) is 3.12. The van der Waals surface area contributed by atoms with Crippen molar-refractivity contribution in [1.29, 1.82) is 0 Å². The standard InChI is InChI=1S/C19H18ClN5O2S/c1-11(18(27)22-16-9-7-15(8-10-16)21-12(2)26)28-19-23-17(24-25-19)13-3-5-14(20)6-4-13/h3-11H,1-2H3,(H,21,26)(H,22,27)(H,23,24,25)/t11-/m1/s1. The van der Waals surface area contributed by atoms with Crippen molar-refractivity contribution in [2.75, 3.05) is 10.6 Å². The Balaban J connectivity index is 1.58. The summed E-state index contributed by atoms with van der Waals surface area (Å²) >= 11 is 7.14. The minimum Gasteiger partial charge on any atom is -0.326 e. The van der Waals surface area contributed by atoms with E-state index in [0.717, 1.165) is 5.56 Å². The van der Waals surface area contributed by atoms with Crippen molar-refractivity contribution < 1.29 is 9.59 Å². The Morgan fingerprint density at radius 2 is 1.64 bits per heavy atom. The molecule has 144 valence electrons. The van der Waals surface area contributed by atoms with Crippen LogP contribution in [0, 0.1) is 0 Å². The van der Waals surface area contributed by atoms with Crippen LogP contribution in [0.1, 0.15) is 13.8 Å². The number of hydrogen-bond acceptors (Lipinski definition) is 5. The largest absolute Gasteiger partial charge is 0.326 e. The smallest absolute Gasteiger partial charge is 0.237 e. The van der Waals surface area contributed by atoms with E-state index in [4.69, 9.17) is 11.6 Å². The van der Waals surface area contributed by atoms with E-state index in [9.17, 15) is 9.59 Å². The maximum Gasteiger partial charge on any atom is 0.237 e. The minimum absolute atomic E-state index is 0.147. The summed E-state index contributed by atoms with van der Waals surface area (Å²) in [5.41, 5.74) is 2.17. The molecule has 0 bridgehead atoms. The zero-order valence-electron chi connectivity index (χ0n) is 15.2. The van der Waals surface area contributed by atoms with Gasteiger partial charge in [0.15, 0.2) is 5.82 Å². The van der Waals surface area contributed by atoms with Crippen LogP contribution in [0.25, 0.3) is 11.4 Å². The van der Waals surface area contributed by atoms with Crippen molar-refractivity contribution in [2.24, 2.45) is 0 Å². The van der Waals surface area contributed by atoms with E-state index >= 15 is 0 Å². The maximum atomic E-state index is 12.4. The van der Waals surface area contributed by atoms with Crippen molar-refractivity contribution >= 4 is 46.6 Å². The second-order valence-corrected chi connectivity index (χ2v) is 7.73. The molecule has 0 unspecified atom stereocenters. The third kappa shape index (κ3) is 5.34. The highest BCUT2D eigenvalue weighted by atomic mass is 35.5. The molecule has 2 amide bonds. The summed E-state index contributed by atoms with van der Waals surface area (Å²) in [7, 11) is 0. The molecule has 0 aliphatic carbocycles. The van der Waals surface area contributed by atoms with Crippen molar-refractivity contribution in [3.05, 3.63) is 53.6 Å². The average molecular weight is 416 g/mol. The number of carbonyl (C=O) groups excluding carboxylic acids is 2. The number of amides is 2. The Hall–Kier alpha value is -2.84. The summed E-state index contributed by atoms with van der Waals surface area (Å²) in [6.45, 7) is 3.22. The van der Waals surface area contributed by atoms with Gasteiger partial charge in [0.25, 0.3) is 0 Å². The number of benzene rings is 2. The Morgan fingerprint density at radius 1 is 1.04 bits per heavy atom. The molecular formula is C19H18ClN5O2S. The zero-order valence-corrected chi connectivity index (χ0v) is 16.8. The van der Waals surface area contributed by atoms with Gasteiger partial charge in [-0.1, -0.05) is 23.4 Å². The Kier molecular flexibility index (Phi) is 6.33. The van der Waals surface area contributed by atoms with Crippen LogP contribution in [0.2, 0.25) is 5.02 Å². The number of halogens is 1. The van der Waals surface area contributed by atoms with Gasteiger partial charge in [-0.05, 0) is 55.5 Å². The predicted octanol–water partition coefficient (Wildman–Crippen LogP) is 4.20. The molecule has 1 aromatic heterocycles. The quantitative estimate of drug-likeness (QED) is 0.524. The second-order valence-electron chi connectivity index (χ2n) is 5.98. The number of hydrogen-bond donors (Lipinski definition) is 3. The molecule has 0 spiro atoms. The summed E-state index contributed by atoms with van der Waals surface area (Å²) in [6.07, 6.45) is 0. The van der Waals surface area contributed by atoms with E-state index in [1.807, 2.05) is 12.1 Å². The van der Waals surface area contributed by atoms with E-state index in [1.165, 1.54) is 18.7 Å². The van der Waals surface area contributed by atoms with Crippen molar-refractivity contribution in [3.8, 4) is 11.4 Å². The molecule has 2 aromatic carbocycles. The Bertz CT molecular complexity index is 973. The Morgan fingerprint density at radius 3 is 2.25 bits per heavy atom. The molecule has 0 radical (unpaired) electrons. The molecule has 7 nitrogen and oxygen atoms in total. The topological polar surface area (TPSA) is 99.8 Å². The van der Waals surface area contributed by atoms with Gasteiger partial charge < -0.3 is 10.6 Å². The second kappa shape index (κ2) is 8.90. The molecule has 0 saturated carbocycles. The van der Waals surface area contributed by atoms with Crippen LogP contribution in [0.5, 0.6) is 0 Å². The molecule has 0 fully saturated rings. The van der Waals surface area contributed by atoms with E-state index in [-0.39, 0.29) is 11.8 Å². The molecule has 3 N–H and O–H groups in total. The van der Waals surface area contributed by atoms with Crippen LogP contribution in [0.3, 0.4) is 0 Å². The van der Waals surface area contributed by atoms with Gasteiger partial charge in [0.1, 0.15) is 0 Å². The lowest BCUT2D eigenvalue weighted by Gasteiger charge is -2.10. The predicted molar refractivity (Wildman–Crippen MR) is 112 cm³/mol. The van der Waals surface area contributed by atoms with Crippen molar-refractivity contribution in [2.45, 2.75) is 24.3 Å². The van der Waals surface area contributed by atoms with Crippen LogP contribution in [-0.2, 0) is 9.59 Å². The monoisotopic (exact) mass is 415 g/mol. The fourth-order valence-corrected chi connectivity index (χ4v) is 3.18. The molecule has 0 aliphatic rings. The fraction of sp³-hybridized carbons (Fsp3) is 0.158. The number of nitrogens with zero attached hydrogens (tertiary/aromatic N) is 2. The van der Waals surface area contributed by atoms with Crippen LogP contribution in [0.15, 0.2) is 53.7 Å².